The van der Waals surface area contributed by atoms with E-state index < -0.39 is 10.5 Å². The fraction of sp³-hybridized carbons (Fsp3) is 0.529. The Balaban J connectivity index is 3.08. The minimum atomic E-state index is -2.61. The summed E-state index contributed by atoms with van der Waals surface area (Å²) in [6, 6.07) is 4.80. The molecule has 0 aromatic heterocycles. The van der Waals surface area contributed by atoms with E-state index in [1.54, 1.807) is 24.1 Å². The quantitative estimate of drug-likeness (QED) is 0.676. The van der Waals surface area contributed by atoms with Crippen LogP contribution in [0.1, 0.15) is 38.7 Å². The number of thiocarbonyl (C=S) groups is 1. The van der Waals surface area contributed by atoms with Crippen LogP contribution >= 0.6 is 12.2 Å². The summed E-state index contributed by atoms with van der Waals surface area (Å²) in [6.07, 6.45) is 2.96. The van der Waals surface area contributed by atoms with Crippen LogP contribution in [0.5, 0.6) is 5.75 Å². The number of methoxy groups -OCH3 is 1. The van der Waals surface area contributed by atoms with Gasteiger partial charge >= 0.3 is 10.5 Å². The summed E-state index contributed by atoms with van der Waals surface area (Å²) in [5, 5.41) is 3.23. The van der Waals surface area contributed by atoms with Crippen molar-refractivity contribution in [1.82, 2.24) is 10.2 Å². The van der Waals surface area contributed by atoms with Crippen molar-refractivity contribution in [2.45, 2.75) is 45.6 Å². The highest BCUT2D eigenvalue weighted by molar-refractivity contribution is 7.80. The topological polar surface area (TPSA) is 88.1 Å². The van der Waals surface area contributed by atoms with E-state index in [2.05, 4.69) is 16.6 Å². The first kappa shape index (κ1) is 22.0. The minimum Gasteiger partial charge on any atom is -0.494 e. The Morgan fingerprint density at radius 2 is 2.12 bits per heavy atom. The number of rotatable bonds is 8. The molecule has 0 bridgehead atoms. The third kappa shape index (κ3) is 6.38. The molecule has 7 nitrogen and oxygen atoms in total. The third-order valence-electron chi connectivity index (χ3n) is 3.89. The average molecular weight is 400 g/mol. The van der Waals surface area contributed by atoms with Gasteiger partial charge in [0.15, 0.2) is 5.11 Å². The van der Waals surface area contributed by atoms with E-state index in [4.69, 9.17) is 17.0 Å². The number of ether oxygens (including phenoxy) is 1. The van der Waals surface area contributed by atoms with Crippen LogP contribution < -0.4 is 10.1 Å². The maximum absolute atomic E-state index is 12.8. The molecule has 0 radical (unpaired) electrons. The summed E-state index contributed by atoms with van der Waals surface area (Å²) in [5.74, 6) is 0.164. The second kappa shape index (κ2) is 10.9. The highest BCUT2D eigenvalue weighted by Crippen LogP contribution is 2.28. The van der Waals surface area contributed by atoms with E-state index in [1.165, 1.54) is 13.2 Å². The maximum Gasteiger partial charge on any atom is 0.316 e. The first-order chi connectivity index (χ1) is 12.3. The summed E-state index contributed by atoms with van der Waals surface area (Å²) in [4.78, 5) is 14.4. The molecule has 0 aliphatic heterocycles. The number of amides is 1. The molecule has 144 valence electrons. The van der Waals surface area contributed by atoms with E-state index in [-0.39, 0.29) is 24.1 Å². The molecule has 1 atom stereocenters. The smallest absolute Gasteiger partial charge is 0.316 e. The zero-order valence-electron chi connectivity index (χ0n) is 15.5. The van der Waals surface area contributed by atoms with Gasteiger partial charge in [0.1, 0.15) is 11.4 Å². The molecule has 0 heterocycles. The van der Waals surface area contributed by atoms with Gasteiger partial charge in [-0.25, -0.2) is 0 Å². The van der Waals surface area contributed by atoms with Gasteiger partial charge in [0, 0.05) is 13.1 Å². The van der Waals surface area contributed by atoms with Crippen molar-refractivity contribution in [3.8, 4) is 5.75 Å². The molecule has 9 heteroatoms. The largest absolute Gasteiger partial charge is 0.494 e. The van der Waals surface area contributed by atoms with Gasteiger partial charge in [-0.05, 0) is 43.3 Å². The molecule has 0 fully saturated rings. The molecule has 0 saturated heterocycles. The first-order valence-corrected chi connectivity index (χ1v) is 9.79. The van der Waals surface area contributed by atoms with Crippen molar-refractivity contribution in [2.24, 2.45) is 4.36 Å². The second-order valence-corrected chi connectivity index (χ2v) is 6.81. The number of hydrogen-bond acceptors (Lipinski definition) is 6. The summed E-state index contributed by atoms with van der Waals surface area (Å²) in [5.41, 5.74) is 0.791. The molecule has 1 amide bonds. The SMILES string of the molecule is CCCCC(C)N(C(=O)Cc1ccc(OC)c(N=S(=O)=O)c1)C(=S)NC. The number of nitrogens with zero attached hydrogens (tertiary/aromatic N) is 2. The van der Waals surface area contributed by atoms with Crippen LogP contribution in [0.2, 0.25) is 0 Å². The van der Waals surface area contributed by atoms with Crippen LogP contribution in [0.25, 0.3) is 0 Å². The zero-order valence-corrected chi connectivity index (χ0v) is 17.1. The van der Waals surface area contributed by atoms with Crippen LogP contribution in [0.15, 0.2) is 22.6 Å². The number of carbonyl (C=O) groups excluding carboxylic acids is 1. The van der Waals surface area contributed by atoms with E-state index in [0.29, 0.717) is 16.4 Å². The lowest BCUT2D eigenvalue weighted by Gasteiger charge is -2.29. The molecule has 0 aliphatic rings. The van der Waals surface area contributed by atoms with Crippen molar-refractivity contribution in [1.29, 1.82) is 0 Å². The highest BCUT2D eigenvalue weighted by Gasteiger charge is 2.23. The Morgan fingerprint density at radius 3 is 2.65 bits per heavy atom. The predicted octanol–water partition coefficient (Wildman–Crippen LogP) is 2.84. The molecule has 0 saturated carbocycles. The minimum absolute atomic E-state index is 0.0287. The van der Waals surface area contributed by atoms with Crippen LogP contribution in [0.4, 0.5) is 5.69 Å². The summed E-state index contributed by atoms with van der Waals surface area (Å²) >= 11 is 5.29. The van der Waals surface area contributed by atoms with Gasteiger partial charge in [0.2, 0.25) is 5.91 Å². The average Bonchev–Trinajstić information content (AvgIpc) is 2.59. The van der Waals surface area contributed by atoms with Crippen molar-refractivity contribution in [3.05, 3.63) is 23.8 Å². The van der Waals surface area contributed by atoms with Gasteiger partial charge in [-0.15, -0.1) is 4.36 Å². The fourth-order valence-corrected chi connectivity index (χ4v) is 3.15. The number of benzene rings is 1. The molecule has 0 aliphatic carbocycles. The van der Waals surface area contributed by atoms with Crippen molar-refractivity contribution in [2.75, 3.05) is 14.2 Å². The fourth-order valence-electron chi connectivity index (χ4n) is 2.57. The Bertz CT molecular complexity index is 770. The van der Waals surface area contributed by atoms with Gasteiger partial charge < -0.3 is 10.1 Å². The van der Waals surface area contributed by atoms with Gasteiger partial charge in [0.25, 0.3) is 0 Å². The number of unbranched alkanes of at least 4 members (excludes halogenated alkanes) is 1. The predicted molar refractivity (Wildman–Crippen MR) is 105 cm³/mol. The van der Waals surface area contributed by atoms with Gasteiger partial charge in [-0.3, -0.25) is 9.69 Å². The third-order valence-corrected chi connectivity index (χ3v) is 4.64. The molecule has 0 spiro atoms. The summed E-state index contributed by atoms with van der Waals surface area (Å²) in [6.45, 7) is 4.06. The Hall–Kier alpha value is -2.00. The zero-order chi connectivity index (χ0) is 19.7. The Labute approximate surface area is 161 Å². The van der Waals surface area contributed by atoms with E-state index in [0.717, 1.165) is 19.3 Å². The number of nitrogens with one attached hydrogen (secondary N) is 1. The number of carbonyl (C=O) groups is 1. The van der Waals surface area contributed by atoms with Crippen LogP contribution in [0.3, 0.4) is 0 Å². The monoisotopic (exact) mass is 399 g/mol. The van der Waals surface area contributed by atoms with E-state index in [1.807, 2.05) is 6.92 Å². The Morgan fingerprint density at radius 1 is 1.42 bits per heavy atom. The van der Waals surface area contributed by atoms with Crippen LogP contribution in [-0.2, 0) is 21.7 Å². The molecule has 26 heavy (non-hydrogen) atoms. The Kier molecular flexibility index (Phi) is 9.22. The van der Waals surface area contributed by atoms with Crippen molar-refractivity contribution in [3.63, 3.8) is 0 Å². The lowest BCUT2D eigenvalue weighted by atomic mass is 10.1. The normalized spacial score (nSPS) is 11.4. The highest BCUT2D eigenvalue weighted by atomic mass is 32.2. The van der Waals surface area contributed by atoms with Crippen LogP contribution in [0, 0.1) is 0 Å². The van der Waals surface area contributed by atoms with Gasteiger partial charge in [-0.2, -0.15) is 8.42 Å². The molecule has 1 rings (SSSR count). The standard InChI is InChI=1S/C17H25N3O4S2/c1-5-6-7-12(2)20(17(25)18-3)16(21)11-13-8-9-15(24-4)14(10-13)19-26(22)23/h8-10,12H,5-7,11H2,1-4H3,(H,18,25). The van der Waals surface area contributed by atoms with E-state index >= 15 is 0 Å². The molecular weight excluding hydrogens is 374 g/mol. The lowest BCUT2D eigenvalue weighted by Crippen LogP contribution is -2.48. The van der Waals surface area contributed by atoms with Crippen molar-refractivity contribution >= 4 is 39.4 Å². The molecule has 1 N–H and O–H groups in total. The lowest BCUT2D eigenvalue weighted by molar-refractivity contribution is -0.128. The van der Waals surface area contributed by atoms with Gasteiger partial charge in [-0.1, -0.05) is 25.8 Å². The van der Waals surface area contributed by atoms with Crippen molar-refractivity contribution < 1.29 is 17.9 Å². The maximum atomic E-state index is 12.8. The molecule has 1 aromatic carbocycles. The second-order valence-electron chi connectivity index (χ2n) is 5.80. The molecular formula is C17H25N3O4S2. The molecule has 1 unspecified atom stereocenters. The first-order valence-electron chi connectivity index (χ1n) is 8.35. The van der Waals surface area contributed by atoms with Crippen LogP contribution in [-0.4, -0.2) is 44.5 Å². The van der Waals surface area contributed by atoms with Gasteiger partial charge in [0.05, 0.1) is 13.5 Å². The number of hydrogen-bond donors (Lipinski definition) is 1. The summed E-state index contributed by atoms with van der Waals surface area (Å²) in [7, 11) is 0.500. The summed E-state index contributed by atoms with van der Waals surface area (Å²) < 4.78 is 30.3. The van der Waals surface area contributed by atoms with E-state index in [9.17, 15) is 13.2 Å². The molecule has 1 aromatic rings.